The van der Waals surface area contributed by atoms with Gasteiger partial charge >= 0.3 is 0 Å². The summed E-state index contributed by atoms with van der Waals surface area (Å²) in [5.74, 6) is 3.11. The van der Waals surface area contributed by atoms with E-state index in [0.29, 0.717) is 15.9 Å². The predicted molar refractivity (Wildman–Crippen MR) is 112 cm³/mol. The maximum absolute atomic E-state index is 11.3. The van der Waals surface area contributed by atoms with Crippen molar-refractivity contribution < 1.29 is 5.11 Å². The second-order valence-corrected chi connectivity index (χ2v) is 11.9. The summed E-state index contributed by atoms with van der Waals surface area (Å²) in [5.41, 5.74) is 6.46. The van der Waals surface area contributed by atoms with Gasteiger partial charge in [-0.15, -0.1) is 23.5 Å². The molecule has 1 saturated heterocycles. The molecule has 0 spiro atoms. The Hall–Kier alpha value is -0.120. The Balaban J connectivity index is 1.81. The third-order valence-corrected chi connectivity index (χ3v) is 10.4. The van der Waals surface area contributed by atoms with E-state index < -0.39 is 0 Å². The van der Waals surface area contributed by atoms with E-state index in [1.807, 2.05) is 0 Å². The maximum Gasteiger partial charge on any atom is 0.0715 e. The minimum Gasteiger partial charge on any atom is -0.392 e. The molecule has 1 N–H and O–H groups in total. The topological polar surface area (TPSA) is 20.2 Å². The Morgan fingerprint density at radius 2 is 1.80 bits per heavy atom. The second-order valence-electron chi connectivity index (χ2n) is 9.15. The molecule has 3 heteroatoms. The fraction of sp³-hybridized carbons (Fsp3) is 0.727. The molecule has 1 aliphatic heterocycles. The van der Waals surface area contributed by atoms with E-state index in [1.165, 1.54) is 41.9 Å². The SMILES string of the molecule is CC(C)C1=C2C3=CC=C(C4SCCS4)CC(O)[C@]3(C)CCC2(C)CC1. The van der Waals surface area contributed by atoms with Crippen molar-refractivity contribution >= 4 is 23.5 Å². The normalized spacial score (nSPS) is 39.2. The van der Waals surface area contributed by atoms with Gasteiger partial charge in [-0.05, 0) is 60.2 Å². The average Bonchev–Trinajstić information content (AvgIpc) is 3.18. The third kappa shape index (κ3) is 2.89. The van der Waals surface area contributed by atoms with Crippen LogP contribution >= 0.6 is 23.5 Å². The van der Waals surface area contributed by atoms with Crippen LogP contribution in [0, 0.1) is 16.7 Å². The molecule has 1 heterocycles. The van der Waals surface area contributed by atoms with Gasteiger partial charge in [-0.2, -0.15) is 0 Å². The lowest BCUT2D eigenvalue weighted by Gasteiger charge is -2.48. The molecule has 0 amide bonds. The van der Waals surface area contributed by atoms with Crippen molar-refractivity contribution in [3.8, 4) is 0 Å². The highest BCUT2D eigenvalue weighted by atomic mass is 32.2. The molecule has 3 atom stereocenters. The molecule has 0 bridgehead atoms. The first-order valence-corrected chi connectivity index (χ1v) is 12.0. The molecule has 4 aliphatic rings. The number of hydrogen-bond acceptors (Lipinski definition) is 3. The molecular weight excluding hydrogens is 344 g/mol. The zero-order chi connectivity index (χ0) is 17.8. The van der Waals surface area contributed by atoms with E-state index in [0.717, 1.165) is 12.8 Å². The van der Waals surface area contributed by atoms with Gasteiger partial charge in [0.1, 0.15) is 0 Å². The molecule has 0 aromatic rings. The van der Waals surface area contributed by atoms with Gasteiger partial charge in [0.05, 0.1) is 10.7 Å². The van der Waals surface area contributed by atoms with Crippen LogP contribution in [0.25, 0.3) is 0 Å². The lowest BCUT2D eigenvalue weighted by Crippen LogP contribution is -2.42. The second kappa shape index (κ2) is 6.49. The lowest BCUT2D eigenvalue weighted by molar-refractivity contribution is 0.0394. The molecule has 0 aromatic heterocycles. The zero-order valence-electron chi connectivity index (χ0n) is 16.1. The number of thioether (sulfide) groups is 2. The lowest BCUT2D eigenvalue weighted by atomic mass is 9.57. The minimum atomic E-state index is -0.250. The number of allylic oxidation sites excluding steroid dienone is 4. The molecule has 25 heavy (non-hydrogen) atoms. The highest BCUT2D eigenvalue weighted by Crippen LogP contribution is 2.62. The standard InChI is InChI=1S/C22H32OS2/c1-14(2)16-7-8-21(3)9-10-22(4)17(19(16)21)6-5-15(13-18(22)23)20-24-11-12-25-20/h5-6,14,18,20,23H,7-13H2,1-4H3/t18?,21?,22-/m1/s1. The molecule has 2 unspecified atom stereocenters. The van der Waals surface area contributed by atoms with Crippen LogP contribution < -0.4 is 0 Å². The minimum absolute atomic E-state index is 0.0779. The van der Waals surface area contributed by atoms with E-state index in [-0.39, 0.29) is 11.5 Å². The first-order chi connectivity index (χ1) is 11.8. The van der Waals surface area contributed by atoms with Gasteiger partial charge in [0.15, 0.2) is 0 Å². The van der Waals surface area contributed by atoms with Crippen molar-refractivity contribution in [3.05, 3.63) is 34.4 Å². The van der Waals surface area contributed by atoms with Gasteiger partial charge in [-0.1, -0.05) is 45.4 Å². The summed E-state index contributed by atoms with van der Waals surface area (Å²) in [5, 5.41) is 11.3. The van der Waals surface area contributed by atoms with Gasteiger partial charge in [0, 0.05) is 16.9 Å². The molecule has 1 nitrogen and oxygen atoms in total. The Bertz CT molecular complexity index is 653. The van der Waals surface area contributed by atoms with Gasteiger partial charge in [0.2, 0.25) is 0 Å². The highest BCUT2D eigenvalue weighted by molar-refractivity contribution is 8.20. The Kier molecular flexibility index (Phi) is 4.74. The van der Waals surface area contributed by atoms with Crippen molar-refractivity contribution in [2.45, 2.75) is 70.5 Å². The van der Waals surface area contributed by atoms with E-state index in [1.54, 1.807) is 11.1 Å². The number of aliphatic hydroxyl groups is 1. The van der Waals surface area contributed by atoms with E-state index in [2.05, 4.69) is 63.4 Å². The highest BCUT2D eigenvalue weighted by Gasteiger charge is 2.51. The van der Waals surface area contributed by atoms with Crippen LogP contribution in [-0.2, 0) is 0 Å². The monoisotopic (exact) mass is 376 g/mol. The van der Waals surface area contributed by atoms with Gasteiger partial charge in [-0.25, -0.2) is 0 Å². The van der Waals surface area contributed by atoms with Crippen molar-refractivity contribution in [3.63, 3.8) is 0 Å². The van der Waals surface area contributed by atoms with Gasteiger partial charge in [-0.3, -0.25) is 0 Å². The molecule has 0 radical (unpaired) electrons. The molecule has 138 valence electrons. The van der Waals surface area contributed by atoms with E-state index in [9.17, 15) is 5.11 Å². The first-order valence-electron chi connectivity index (χ1n) is 9.91. The molecule has 4 rings (SSSR count). The average molecular weight is 377 g/mol. The van der Waals surface area contributed by atoms with Crippen LogP contribution in [0.3, 0.4) is 0 Å². The van der Waals surface area contributed by atoms with Crippen LogP contribution in [0.1, 0.15) is 59.8 Å². The number of rotatable bonds is 2. The van der Waals surface area contributed by atoms with Gasteiger partial charge in [0.25, 0.3) is 0 Å². The summed E-state index contributed by atoms with van der Waals surface area (Å²) in [6, 6.07) is 0. The molecule has 1 saturated carbocycles. The third-order valence-electron chi connectivity index (χ3n) is 7.20. The van der Waals surface area contributed by atoms with Crippen LogP contribution in [0.2, 0.25) is 0 Å². The Morgan fingerprint density at radius 3 is 2.48 bits per heavy atom. The van der Waals surface area contributed by atoms with Gasteiger partial charge < -0.3 is 5.11 Å². The summed E-state index contributed by atoms with van der Waals surface area (Å²) in [4.78, 5) is 0. The maximum atomic E-state index is 11.3. The van der Waals surface area contributed by atoms with Crippen molar-refractivity contribution in [1.82, 2.24) is 0 Å². The summed E-state index contributed by atoms with van der Waals surface area (Å²) < 4.78 is 0.559. The molecule has 0 aromatic carbocycles. The summed E-state index contributed by atoms with van der Waals surface area (Å²) in [6.07, 6.45) is 10.3. The molecular formula is C22H32OS2. The van der Waals surface area contributed by atoms with Crippen LogP contribution in [0.15, 0.2) is 34.4 Å². The summed E-state index contributed by atoms with van der Waals surface area (Å²) in [7, 11) is 0. The predicted octanol–water partition coefficient (Wildman–Crippen LogP) is 5.96. The van der Waals surface area contributed by atoms with Crippen LogP contribution in [0.4, 0.5) is 0 Å². The zero-order valence-corrected chi connectivity index (χ0v) is 17.7. The molecule has 3 aliphatic carbocycles. The first kappa shape index (κ1) is 18.3. The van der Waals surface area contributed by atoms with Crippen molar-refractivity contribution in [1.29, 1.82) is 0 Å². The fourth-order valence-corrected chi connectivity index (χ4v) is 8.34. The largest absolute Gasteiger partial charge is 0.392 e. The van der Waals surface area contributed by atoms with E-state index >= 15 is 0 Å². The summed E-state index contributed by atoms with van der Waals surface area (Å²) in [6.45, 7) is 9.50. The Morgan fingerprint density at radius 1 is 1.08 bits per heavy atom. The number of aliphatic hydroxyl groups excluding tert-OH is 1. The molecule has 2 fully saturated rings. The van der Waals surface area contributed by atoms with Crippen molar-refractivity contribution in [2.24, 2.45) is 16.7 Å². The number of fused-ring (bicyclic) bond motifs is 3. The van der Waals surface area contributed by atoms with Crippen LogP contribution in [-0.4, -0.2) is 27.3 Å². The van der Waals surface area contributed by atoms with Crippen molar-refractivity contribution in [2.75, 3.05) is 11.5 Å². The fourth-order valence-electron chi connectivity index (χ4n) is 5.40. The quantitative estimate of drug-likeness (QED) is 0.642. The Labute approximate surface area is 161 Å². The summed E-state index contributed by atoms with van der Waals surface area (Å²) >= 11 is 4.12. The smallest absolute Gasteiger partial charge is 0.0715 e. The van der Waals surface area contributed by atoms with Crippen LogP contribution in [0.5, 0.6) is 0 Å². The van der Waals surface area contributed by atoms with E-state index in [4.69, 9.17) is 0 Å². The number of hydrogen-bond donors (Lipinski definition) is 1.